The molecular weight excluding hydrogens is 314 g/mol. The molecule has 6 heteroatoms. The van der Waals surface area contributed by atoms with Gasteiger partial charge in [0.05, 0.1) is 18.9 Å². The van der Waals surface area contributed by atoms with Gasteiger partial charge in [0.2, 0.25) is 0 Å². The molecule has 1 aromatic carbocycles. The number of amides is 1. The number of hydrogen-bond acceptors (Lipinski definition) is 5. The highest BCUT2D eigenvalue weighted by atomic mass is 32.2. The van der Waals surface area contributed by atoms with Crippen molar-refractivity contribution in [2.24, 2.45) is 0 Å². The van der Waals surface area contributed by atoms with Crippen LogP contribution in [0.5, 0.6) is 0 Å². The van der Waals surface area contributed by atoms with Gasteiger partial charge in [0.15, 0.2) is 0 Å². The second-order valence-corrected chi connectivity index (χ2v) is 6.25. The van der Waals surface area contributed by atoms with Gasteiger partial charge in [0, 0.05) is 17.9 Å². The van der Waals surface area contributed by atoms with Gasteiger partial charge in [-0.3, -0.25) is 9.59 Å². The first-order valence-electron chi connectivity index (χ1n) is 7.26. The summed E-state index contributed by atoms with van der Waals surface area (Å²) in [6, 6.07) is 10.9. The molecule has 0 saturated heterocycles. The summed E-state index contributed by atoms with van der Waals surface area (Å²) < 4.78 is 9.95. The number of hydrogen-bond donors (Lipinski definition) is 1. The quantitative estimate of drug-likeness (QED) is 0.623. The van der Waals surface area contributed by atoms with E-state index < -0.39 is 0 Å². The van der Waals surface area contributed by atoms with Crippen molar-refractivity contribution >= 4 is 23.6 Å². The Balaban J connectivity index is 1.98. The normalized spacial score (nSPS) is 11.7. The standard InChI is InChI=1S/C17H19NO4S/c1-12(17(20)21-2)23-15-8-4-3-7-14(15)16(19)18-10-9-13-6-5-11-22-13/h3-8,11-12H,9-10H2,1-2H3,(H,18,19)/t12-/m0/s1. The van der Waals surface area contributed by atoms with Crippen LogP contribution >= 0.6 is 11.8 Å². The molecule has 2 aromatic rings. The van der Waals surface area contributed by atoms with Crippen LogP contribution in [0.3, 0.4) is 0 Å². The van der Waals surface area contributed by atoms with E-state index in [0.29, 0.717) is 18.5 Å². The minimum atomic E-state index is -0.378. The van der Waals surface area contributed by atoms with Gasteiger partial charge in [-0.1, -0.05) is 12.1 Å². The first-order chi connectivity index (χ1) is 11.1. The maximum Gasteiger partial charge on any atom is 0.318 e. The molecule has 0 aliphatic rings. The van der Waals surface area contributed by atoms with E-state index in [2.05, 4.69) is 5.32 Å². The molecule has 0 saturated carbocycles. The third kappa shape index (κ3) is 4.89. The van der Waals surface area contributed by atoms with Gasteiger partial charge in [-0.2, -0.15) is 0 Å². The Bertz CT molecular complexity index is 654. The molecule has 0 spiro atoms. The monoisotopic (exact) mass is 333 g/mol. The number of benzene rings is 1. The summed E-state index contributed by atoms with van der Waals surface area (Å²) in [5.74, 6) is 0.340. The number of esters is 1. The number of furan rings is 1. The minimum absolute atomic E-state index is 0.170. The predicted octanol–water partition coefficient (Wildman–Crippen LogP) is 2.91. The van der Waals surface area contributed by atoms with E-state index in [0.717, 1.165) is 10.7 Å². The van der Waals surface area contributed by atoms with Crippen LogP contribution < -0.4 is 5.32 Å². The second kappa shape index (κ2) is 8.43. The van der Waals surface area contributed by atoms with Crippen molar-refractivity contribution in [3.8, 4) is 0 Å². The van der Waals surface area contributed by atoms with Crippen molar-refractivity contribution in [3.63, 3.8) is 0 Å². The van der Waals surface area contributed by atoms with Crippen molar-refractivity contribution < 1.29 is 18.7 Å². The van der Waals surface area contributed by atoms with Crippen LogP contribution in [0.2, 0.25) is 0 Å². The molecule has 2 rings (SSSR count). The lowest BCUT2D eigenvalue weighted by Crippen LogP contribution is -2.26. The zero-order chi connectivity index (χ0) is 16.7. The van der Waals surface area contributed by atoms with Gasteiger partial charge in [-0.25, -0.2) is 0 Å². The lowest BCUT2D eigenvalue weighted by Gasteiger charge is -2.12. The zero-order valence-electron chi connectivity index (χ0n) is 13.1. The maximum absolute atomic E-state index is 12.3. The molecule has 0 bridgehead atoms. The Kier molecular flexibility index (Phi) is 6.29. The topological polar surface area (TPSA) is 68.5 Å². The third-order valence-corrected chi connectivity index (χ3v) is 4.36. The molecule has 0 fully saturated rings. The van der Waals surface area contributed by atoms with Gasteiger partial charge in [0.1, 0.15) is 11.0 Å². The molecule has 1 N–H and O–H groups in total. The summed E-state index contributed by atoms with van der Waals surface area (Å²) in [6.45, 7) is 2.24. The highest BCUT2D eigenvalue weighted by Crippen LogP contribution is 2.27. The molecule has 1 amide bonds. The van der Waals surface area contributed by atoms with E-state index in [9.17, 15) is 9.59 Å². The summed E-state index contributed by atoms with van der Waals surface area (Å²) in [7, 11) is 1.35. The lowest BCUT2D eigenvalue weighted by molar-refractivity contribution is -0.139. The highest BCUT2D eigenvalue weighted by molar-refractivity contribution is 8.00. The Labute approximate surface area is 139 Å². The van der Waals surface area contributed by atoms with Crippen LogP contribution in [0.15, 0.2) is 52.0 Å². The summed E-state index contributed by atoms with van der Waals surface area (Å²) in [5.41, 5.74) is 0.549. The zero-order valence-corrected chi connectivity index (χ0v) is 13.9. The molecule has 0 radical (unpaired) electrons. The first-order valence-corrected chi connectivity index (χ1v) is 8.14. The van der Waals surface area contributed by atoms with Crippen LogP contribution in [0.4, 0.5) is 0 Å². The van der Waals surface area contributed by atoms with Gasteiger partial charge < -0.3 is 14.5 Å². The lowest BCUT2D eigenvalue weighted by atomic mass is 10.2. The van der Waals surface area contributed by atoms with Gasteiger partial charge in [-0.05, 0) is 31.2 Å². The Morgan fingerprint density at radius 3 is 2.74 bits per heavy atom. The van der Waals surface area contributed by atoms with Crippen LogP contribution in [0.1, 0.15) is 23.0 Å². The van der Waals surface area contributed by atoms with Crippen LogP contribution in [-0.4, -0.2) is 30.8 Å². The third-order valence-electron chi connectivity index (χ3n) is 3.21. The number of thioether (sulfide) groups is 1. The van der Waals surface area contributed by atoms with Gasteiger partial charge in [-0.15, -0.1) is 11.8 Å². The van der Waals surface area contributed by atoms with Crippen LogP contribution in [0.25, 0.3) is 0 Å². The molecule has 0 aliphatic heterocycles. The average Bonchev–Trinajstić information content (AvgIpc) is 3.07. The first kappa shape index (κ1) is 17.1. The molecule has 1 aromatic heterocycles. The van der Waals surface area contributed by atoms with Crippen molar-refractivity contribution in [3.05, 3.63) is 54.0 Å². The van der Waals surface area contributed by atoms with E-state index in [1.54, 1.807) is 25.3 Å². The van der Waals surface area contributed by atoms with E-state index in [1.807, 2.05) is 24.3 Å². The van der Waals surface area contributed by atoms with Crippen molar-refractivity contribution in [2.75, 3.05) is 13.7 Å². The van der Waals surface area contributed by atoms with Crippen molar-refractivity contribution in [1.29, 1.82) is 0 Å². The Morgan fingerprint density at radius 2 is 2.04 bits per heavy atom. The number of rotatable bonds is 7. The second-order valence-electron chi connectivity index (χ2n) is 4.86. The molecule has 122 valence electrons. The fraction of sp³-hybridized carbons (Fsp3) is 0.294. The maximum atomic E-state index is 12.3. The molecule has 23 heavy (non-hydrogen) atoms. The minimum Gasteiger partial charge on any atom is -0.469 e. The highest BCUT2D eigenvalue weighted by Gasteiger charge is 2.18. The SMILES string of the molecule is COC(=O)[C@H](C)Sc1ccccc1C(=O)NCCc1ccco1. The van der Waals surface area contributed by atoms with Crippen LogP contribution in [0, 0.1) is 0 Å². The van der Waals surface area contributed by atoms with Gasteiger partial charge in [0.25, 0.3) is 5.91 Å². The largest absolute Gasteiger partial charge is 0.469 e. The smallest absolute Gasteiger partial charge is 0.318 e. The Hall–Kier alpha value is -2.21. The van der Waals surface area contributed by atoms with E-state index in [-0.39, 0.29) is 17.1 Å². The number of methoxy groups -OCH3 is 1. The molecule has 5 nitrogen and oxygen atoms in total. The van der Waals surface area contributed by atoms with E-state index >= 15 is 0 Å². The molecular formula is C17H19NO4S. The van der Waals surface area contributed by atoms with Crippen molar-refractivity contribution in [1.82, 2.24) is 5.32 Å². The summed E-state index contributed by atoms with van der Waals surface area (Å²) in [5, 5.41) is 2.49. The number of nitrogens with one attached hydrogen (secondary N) is 1. The number of carbonyl (C=O) groups excluding carboxylic acids is 2. The summed E-state index contributed by atoms with van der Waals surface area (Å²) in [6.07, 6.45) is 2.24. The fourth-order valence-electron chi connectivity index (χ4n) is 2.01. The molecule has 1 heterocycles. The number of carbonyl (C=O) groups is 2. The summed E-state index contributed by atoms with van der Waals surface area (Å²) >= 11 is 1.31. The molecule has 0 unspecified atom stereocenters. The Morgan fingerprint density at radius 1 is 1.26 bits per heavy atom. The average molecular weight is 333 g/mol. The van der Waals surface area contributed by atoms with Gasteiger partial charge >= 0.3 is 5.97 Å². The fourth-order valence-corrected chi connectivity index (χ4v) is 3.03. The van der Waals surface area contributed by atoms with E-state index in [1.165, 1.54) is 18.9 Å². The summed E-state index contributed by atoms with van der Waals surface area (Å²) in [4.78, 5) is 24.6. The molecule has 0 aliphatic carbocycles. The van der Waals surface area contributed by atoms with E-state index in [4.69, 9.17) is 9.15 Å². The van der Waals surface area contributed by atoms with Crippen molar-refractivity contribution in [2.45, 2.75) is 23.5 Å². The molecule has 1 atom stereocenters. The predicted molar refractivity (Wildman–Crippen MR) is 88.5 cm³/mol. The number of ether oxygens (including phenoxy) is 1. The van der Waals surface area contributed by atoms with Crippen LogP contribution in [-0.2, 0) is 16.0 Å².